The molecule has 0 N–H and O–H groups in total. The van der Waals surface area contributed by atoms with E-state index in [9.17, 15) is 13.2 Å². The van der Waals surface area contributed by atoms with Crippen molar-refractivity contribution in [2.75, 3.05) is 32.7 Å². The number of hydrogen-bond acceptors (Lipinski definition) is 2. The van der Waals surface area contributed by atoms with Crippen LogP contribution in [0.5, 0.6) is 0 Å². The molecule has 0 spiro atoms. The number of halogens is 3. The van der Waals surface area contributed by atoms with Gasteiger partial charge in [0.25, 0.3) is 0 Å². The SMILES string of the molecule is CC(C)(C)C1CCN(C(CC(C)(C)C2CCN(CC3CCC3)CC2)C(F)(F)F)CC1. The zero-order valence-corrected chi connectivity index (χ0v) is 20.0. The molecule has 3 rings (SSSR count). The van der Waals surface area contributed by atoms with Crippen LogP contribution in [0, 0.1) is 28.6 Å². The van der Waals surface area contributed by atoms with Gasteiger partial charge in [-0.1, -0.05) is 41.0 Å². The summed E-state index contributed by atoms with van der Waals surface area (Å²) in [5, 5.41) is 0. The van der Waals surface area contributed by atoms with Gasteiger partial charge in [0.05, 0.1) is 0 Å². The normalized spacial score (nSPS) is 26.0. The van der Waals surface area contributed by atoms with Crippen molar-refractivity contribution in [1.82, 2.24) is 9.80 Å². The average Bonchev–Trinajstić information content (AvgIpc) is 2.62. The third-order valence-electron chi connectivity index (χ3n) is 8.73. The minimum Gasteiger partial charge on any atom is -0.303 e. The van der Waals surface area contributed by atoms with E-state index in [4.69, 9.17) is 0 Å². The molecule has 0 aromatic rings. The first kappa shape index (κ1) is 24.4. The minimum atomic E-state index is -4.14. The van der Waals surface area contributed by atoms with Crippen LogP contribution in [0.3, 0.4) is 0 Å². The molecule has 3 fully saturated rings. The van der Waals surface area contributed by atoms with E-state index in [1.807, 2.05) is 0 Å². The maximum Gasteiger partial charge on any atom is 0.404 e. The predicted octanol–water partition coefficient (Wildman–Crippen LogP) is 6.60. The fourth-order valence-electron chi connectivity index (χ4n) is 6.13. The Balaban J connectivity index is 1.56. The van der Waals surface area contributed by atoms with Gasteiger partial charge in [-0.05, 0) is 99.7 Å². The Morgan fingerprint density at radius 2 is 1.30 bits per heavy atom. The van der Waals surface area contributed by atoms with Crippen molar-refractivity contribution in [3.05, 3.63) is 0 Å². The summed E-state index contributed by atoms with van der Waals surface area (Å²) >= 11 is 0. The van der Waals surface area contributed by atoms with Gasteiger partial charge in [-0.25, -0.2) is 0 Å². The molecule has 2 saturated heterocycles. The third kappa shape index (κ3) is 6.15. The fraction of sp³-hybridized carbons (Fsp3) is 1.00. The number of alkyl halides is 3. The lowest BCUT2D eigenvalue weighted by Gasteiger charge is -2.47. The summed E-state index contributed by atoms with van der Waals surface area (Å²) in [5.41, 5.74) is -0.0871. The quantitative estimate of drug-likeness (QED) is 0.468. The first-order valence-electron chi connectivity index (χ1n) is 12.4. The lowest BCUT2D eigenvalue weighted by Crippen LogP contribution is -2.53. The number of likely N-dealkylation sites (tertiary alicyclic amines) is 2. The van der Waals surface area contributed by atoms with Gasteiger partial charge in [0.15, 0.2) is 0 Å². The number of hydrogen-bond donors (Lipinski definition) is 0. The number of nitrogens with zero attached hydrogens (tertiary/aromatic N) is 2. The fourth-order valence-corrected chi connectivity index (χ4v) is 6.13. The Bertz CT molecular complexity index is 532. The van der Waals surface area contributed by atoms with E-state index in [1.54, 1.807) is 4.90 Å². The van der Waals surface area contributed by atoms with Crippen LogP contribution >= 0.6 is 0 Å². The van der Waals surface area contributed by atoms with Gasteiger partial charge in [-0.15, -0.1) is 0 Å². The van der Waals surface area contributed by atoms with Crippen LogP contribution in [0.15, 0.2) is 0 Å². The van der Waals surface area contributed by atoms with Gasteiger partial charge in [0, 0.05) is 6.54 Å². The third-order valence-corrected chi connectivity index (χ3v) is 8.73. The van der Waals surface area contributed by atoms with Crippen molar-refractivity contribution in [1.29, 1.82) is 0 Å². The van der Waals surface area contributed by atoms with Crippen molar-refractivity contribution in [2.45, 2.75) is 98.2 Å². The highest BCUT2D eigenvalue weighted by atomic mass is 19.4. The van der Waals surface area contributed by atoms with E-state index in [2.05, 4.69) is 39.5 Å². The molecule has 1 atom stereocenters. The Morgan fingerprint density at radius 1 is 0.767 bits per heavy atom. The molecule has 1 aliphatic carbocycles. The van der Waals surface area contributed by atoms with Gasteiger partial charge in [-0.3, -0.25) is 4.90 Å². The van der Waals surface area contributed by atoms with E-state index in [0.717, 1.165) is 44.7 Å². The van der Waals surface area contributed by atoms with Gasteiger partial charge >= 0.3 is 6.18 Å². The van der Waals surface area contributed by atoms with Crippen molar-refractivity contribution in [3.8, 4) is 0 Å². The summed E-state index contributed by atoms with van der Waals surface area (Å²) in [4.78, 5) is 4.32. The highest BCUT2D eigenvalue weighted by Crippen LogP contribution is 2.44. The molecule has 0 aromatic heterocycles. The molecule has 5 heteroatoms. The van der Waals surface area contributed by atoms with Crippen LogP contribution in [0.1, 0.15) is 86.0 Å². The molecule has 1 unspecified atom stereocenters. The van der Waals surface area contributed by atoms with E-state index < -0.39 is 12.2 Å². The highest BCUT2D eigenvalue weighted by Gasteiger charge is 2.48. The summed E-state index contributed by atoms with van der Waals surface area (Å²) < 4.78 is 42.4. The van der Waals surface area contributed by atoms with E-state index >= 15 is 0 Å². The van der Waals surface area contributed by atoms with Crippen molar-refractivity contribution in [3.63, 3.8) is 0 Å². The van der Waals surface area contributed by atoms with E-state index in [1.165, 1.54) is 25.8 Å². The molecular weight excluding hydrogens is 385 g/mol. The van der Waals surface area contributed by atoms with E-state index in [-0.39, 0.29) is 17.3 Å². The minimum absolute atomic E-state index is 0.187. The van der Waals surface area contributed by atoms with Crippen LogP contribution in [-0.2, 0) is 0 Å². The summed E-state index contributed by atoms with van der Waals surface area (Å²) in [6.45, 7) is 15.4. The van der Waals surface area contributed by atoms with Crippen LogP contribution in [0.25, 0.3) is 0 Å². The summed E-state index contributed by atoms with van der Waals surface area (Å²) in [6, 6.07) is -1.29. The molecule has 2 nitrogen and oxygen atoms in total. The van der Waals surface area contributed by atoms with E-state index in [0.29, 0.717) is 24.9 Å². The van der Waals surface area contributed by atoms with Crippen LogP contribution in [0.4, 0.5) is 13.2 Å². The maximum atomic E-state index is 14.1. The number of rotatable bonds is 6. The first-order chi connectivity index (χ1) is 13.9. The van der Waals surface area contributed by atoms with Crippen molar-refractivity contribution >= 4 is 0 Å². The molecular formula is C25H45F3N2. The van der Waals surface area contributed by atoms with Gasteiger partial charge in [0.2, 0.25) is 0 Å². The Labute approximate surface area is 182 Å². The maximum absolute atomic E-state index is 14.1. The molecule has 1 saturated carbocycles. The lowest BCUT2D eigenvalue weighted by molar-refractivity contribution is -0.198. The number of piperidine rings is 2. The molecule has 30 heavy (non-hydrogen) atoms. The molecule has 0 bridgehead atoms. The summed E-state index contributed by atoms with van der Waals surface area (Å²) in [5.74, 6) is 1.79. The Morgan fingerprint density at radius 3 is 1.73 bits per heavy atom. The smallest absolute Gasteiger partial charge is 0.303 e. The largest absolute Gasteiger partial charge is 0.404 e. The van der Waals surface area contributed by atoms with Crippen molar-refractivity contribution < 1.29 is 13.2 Å². The van der Waals surface area contributed by atoms with Crippen molar-refractivity contribution in [2.24, 2.45) is 28.6 Å². The predicted molar refractivity (Wildman–Crippen MR) is 118 cm³/mol. The highest BCUT2D eigenvalue weighted by molar-refractivity contribution is 4.93. The summed E-state index contributed by atoms with van der Waals surface area (Å²) in [7, 11) is 0. The Kier molecular flexibility index (Phi) is 7.54. The molecule has 0 radical (unpaired) electrons. The zero-order valence-electron chi connectivity index (χ0n) is 20.0. The van der Waals surface area contributed by atoms with Crippen LogP contribution < -0.4 is 0 Å². The standard InChI is InChI=1S/C25H45F3N2/c1-23(2,3)20-11-15-30(16-12-20)22(25(26,27)28)17-24(4,5)21-9-13-29(14-10-21)18-19-7-6-8-19/h19-22H,6-18H2,1-5H3. The second-order valence-electron chi connectivity index (χ2n) is 12.3. The van der Waals surface area contributed by atoms with Crippen LogP contribution in [0.2, 0.25) is 0 Å². The molecule has 3 aliphatic rings. The molecule has 176 valence electrons. The second-order valence-corrected chi connectivity index (χ2v) is 12.3. The van der Waals surface area contributed by atoms with Gasteiger partial charge in [-0.2, -0.15) is 13.2 Å². The van der Waals surface area contributed by atoms with Gasteiger partial charge in [0.1, 0.15) is 6.04 Å². The molecule has 2 aliphatic heterocycles. The lowest BCUT2D eigenvalue weighted by atomic mass is 9.69. The second kappa shape index (κ2) is 9.29. The average molecular weight is 431 g/mol. The molecule has 0 amide bonds. The molecule has 2 heterocycles. The first-order valence-corrected chi connectivity index (χ1v) is 12.4. The Hall–Kier alpha value is -0.290. The zero-order chi connectivity index (χ0) is 22.2. The molecule has 0 aromatic carbocycles. The monoisotopic (exact) mass is 430 g/mol. The topological polar surface area (TPSA) is 6.48 Å². The van der Waals surface area contributed by atoms with Crippen LogP contribution in [-0.4, -0.2) is 54.7 Å². The summed E-state index contributed by atoms with van der Waals surface area (Å²) in [6.07, 6.45) is 4.08. The van der Waals surface area contributed by atoms with Gasteiger partial charge < -0.3 is 4.90 Å².